The molecule has 0 N–H and O–H groups in total. The Morgan fingerprint density at radius 2 is 1.83 bits per heavy atom. The van der Waals surface area contributed by atoms with E-state index in [1.54, 1.807) is 36.2 Å². The molecule has 1 heterocycles. The highest BCUT2D eigenvalue weighted by atomic mass is 35.5. The summed E-state index contributed by atoms with van der Waals surface area (Å²) in [5.41, 5.74) is 0.991. The monoisotopic (exact) mass is 465 g/mol. The lowest BCUT2D eigenvalue weighted by Crippen LogP contribution is -2.43. The Morgan fingerprint density at radius 1 is 1.17 bits per heavy atom. The Bertz CT molecular complexity index is 1090. The Morgan fingerprint density at radius 3 is 2.47 bits per heavy atom. The number of nitriles is 1. The zero-order chi connectivity index (χ0) is 21.9. The molecule has 1 aliphatic heterocycles. The molecule has 0 atom stereocenters. The minimum absolute atomic E-state index is 0.00834. The van der Waals surface area contributed by atoms with Crippen molar-refractivity contribution in [3.63, 3.8) is 0 Å². The topological polar surface area (TPSA) is 81.5 Å². The van der Waals surface area contributed by atoms with Crippen molar-refractivity contribution in [3.8, 4) is 6.07 Å². The van der Waals surface area contributed by atoms with Gasteiger partial charge in [0.25, 0.3) is 0 Å². The van der Waals surface area contributed by atoms with Crippen molar-refractivity contribution in [1.29, 1.82) is 5.26 Å². The van der Waals surface area contributed by atoms with Crippen LogP contribution in [0.3, 0.4) is 0 Å². The molecule has 0 saturated carbocycles. The maximum Gasteiger partial charge on any atom is 0.244 e. The highest BCUT2D eigenvalue weighted by molar-refractivity contribution is 7.89. The molecule has 0 aromatic heterocycles. The van der Waals surface area contributed by atoms with Crippen LogP contribution >= 0.6 is 23.2 Å². The van der Waals surface area contributed by atoms with Gasteiger partial charge in [0.05, 0.1) is 20.5 Å². The molecule has 0 bridgehead atoms. The number of sulfonamides is 1. The standard InChI is InChI=1S/C21H21Cl2N3O3S/c1-25(14-15-6-7-18(22)19(23)12-15)21(27)16-8-10-26(11-9-16)30(28,29)20-5-3-2-4-17(20)13-24/h2-7,12,16H,8-11,14H2,1H3. The molecular formula is C21H21Cl2N3O3S. The second-order valence-electron chi connectivity index (χ2n) is 7.23. The van der Waals surface area contributed by atoms with Crippen molar-refractivity contribution < 1.29 is 13.2 Å². The molecule has 1 amide bonds. The summed E-state index contributed by atoms with van der Waals surface area (Å²) in [5.74, 6) is -0.286. The zero-order valence-corrected chi connectivity index (χ0v) is 18.7. The smallest absolute Gasteiger partial charge is 0.244 e. The van der Waals surface area contributed by atoms with Crippen LogP contribution in [0.15, 0.2) is 47.4 Å². The van der Waals surface area contributed by atoms with Crippen molar-refractivity contribution in [1.82, 2.24) is 9.21 Å². The highest BCUT2D eigenvalue weighted by Crippen LogP contribution is 2.27. The summed E-state index contributed by atoms with van der Waals surface area (Å²) in [6.45, 7) is 0.863. The number of piperidine rings is 1. The number of halogens is 2. The van der Waals surface area contributed by atoms with Crippen molar-refractivity contribution in [2.24, 2.45) is 5.92 Å². The molecule has 2 aromatic carbocycles. The van der Waals surface area contributed by atoms with Gasteiger partial charge in [0.15, 0.2) is 0 Å². The van der Waals surface area contributed by atoms with Gasteiger partial charge in [0.1, 0.15) is 6.07 Å². The quantitative estimate of drug-likeness (QED) is 0.669. The first kappa shape index (κ1) is 22.6. The summed E-state index contributed by atoms with van der Waals surface area (Å²) in [6, 6.07) is 13.3. The van der Waals surface area contributed by atoms with E-state index in [1.807, 2.05) is 12.1 Å². The first-order chi connectivity index (χ1) is 14.2. The average molecular weight is 466 g/mol. The van der Waals surface area contributed by atoms with Gasteiger partial charge in [0.2, 0.25) is 15.9 Å². The second kappa shape index (κ2) is 9.36. The maximum atomic E-state index is 12.9. The van der Waals surface area contributed by atoms with Crippen LogP contribution in [0, 0.1) is 17.2 Å². The molecule has 0 spiro atoms. The Hall–Kier alpha value is -2.11. The van der Waals surface area contributed by atoms with Crippen LogP contribution in [-0.4, -0.2) is 43.7 Å². The fraction of sp³-hybridized carbons (Fsp3) is 0.333. The van der Waals surface area contributed by atoms with Crippen LogP contribution in [0.4, 0.5) is 0 Å². The third-order valence-corrected chi connectivity index (χ3v) is 7.90. The van der Waals surface area contributed by atoms with E-state index >= 15 is 0 Å². The van der Waals surface area contributed by atoms with E-state index in [2.05, 4.69) is 0 Å². The van der Waals surface area contributed by atoms with Crippen molar-refractivity contribution in [3.05, 3.63) is 63.6 Å². The first-order valence-corrected chi connectivity index (χ1v) is 11.6. The molecule has 0 unspecified atom stereocenters. The summed E-state index contributed by atoms with van der Waals surface area (Å²) >= 11 is 12.0. The van der Waals surface area contributed by atoms with Crippen molar-refractivity contribution in [2.45, 2.75) is 24.3 Å². The minimum Gasteiger partial charge on any atom is -0.341 e. The SMILES string of the molecule is CN(Cc1ccc(Cl)c(Cl)c1)C(=O)C1CCN(S(=O)(=O)c2ccccc2C#N)CC1. The molecule has 2 aromatic rings. The zero-order valence-electron chi connectivity index (χ0n) is 16.4. The first-order valence-electron chi connectivity index (χ1n) is 9.42. The van der Waals surface area contributed by atoms with Crippen LogP contribution in [0.2, 0.25) is 10.0 Å². The highest BCUT2D eigenvalue weighted by Gasteiger charge is 2.34. The molecule has 30 heavy (non-hydrogen) atoms. The molecule has 9 heteroatoms. The number of hydrogen-bond acceptors (Lipinski definition) is 4. The van der Waals surface area contributed by atoms with Gasteiger partial charge in [0, 0.05) is 32.6 Å². The molecule has 0 aliphatic carbocycles. The van der Waals surface area contributed by atoms with E-state index in [-0.39, 0.29) is 35.4 Å². The largest absolute Gasteiger partial charge is 0.341 e. The molecule has 1 aliphatic rings. The van der Waals surface area contributed by atoms with Gasteiger partial charge < -0.3 is 4.90 Å². The number of nitrogens with zero attached hydrogens (tertiary/aromatic N) is 3. The molecule has 6 nitrogen and oxygen atoms in total. The summed E-state index contributed by atoms with van der Waals surface area (Å²) in [5, 5.41) is 10.1. The molecule has 1 fully saturated rings. The molecule has 3 rings (SSSR count). The number of carbonyl (C=O) groups excluding carboxylic acids is 1. The molecule has 0 radical (unpaired) electrons. The number of rotatable bonds is 5. The van der Waals surface area contributed by atoms with E-state index in [0.717, 1.165) is 5.56 Å². The van der Waals surface area contributed by atoms with E-state index < -0.39 is 10.0 Å². The van der Waals surface area contributed by atoms with Gasteiger partial charge in [-0.1, -0.05) is 41.4 Å². The third-order valence-electron chi connectivity index (χ3n) is 5.21. The Balaban J connectivity index is 1.64. The van der Waals surface area contributed by atoms with E-state index in [4.69, 9.17) is 23.2 Å². The summed E-state index contributed by atoms with van der Waals surface area (Å²) in [7, 11) is -2.05. The molecule has 158 valence electrons. The minimum atomic E-state index is -3.77. The van der Waals surface area contributed by atoms with Gasteiger partial charge in [-0.05, 0) is 42.7 Å². The lowest BCUT2D eigenvalue weighted by atomic mass is 9.96. The predicted octanol–water partition coefficient (Wildman–Crippen LogP) is 3.92. The van der Waals surface area contributed by atoms with Gasteiger partial charge in [-0.3, -0.25) is 4.79 Å². The van der Waals surface area contributed by atoms with Gasteiger partial charge in [-0.15, -0.1) is 0 Å². The van der Waals surface area contributed by atoms with E-state index in [9.17, 15) is 18.5 Å². The van der Waals surface area contributed by atoms with Gasteiger partial charge in [-0.2, -0.15) is 9.57 Å². The van der Waals surface area contributed by atoms with Crippen LogP contribution in [0.5, 0.6) is 0 Å². The van der Waals surface area contributed by atoms with Gasteiger partial charge >= 0.3 is 0 Å². The Kier molecular flexibility index (Phi) is 7.04. The van der Waals surface area contributed by atoms with Crippen molar-refractivity contribution in [2.75, 3.05) is 20.1 Å². The lowest BCUT2D eigenvalue weighted by Gasteiger charge is -2.32. The van der Waals surface area contributed by atoms with E-state index in [0.29, 0.717) is 29.4 Å². The van der Waals surface area contributed by atoms with Crippen LogP contribution < -0.4 is 0 Å². The lowest BCUT2D eigenvalue weighted by molar-refractivity contribution is -0.135. The predicted molar refractivity (Wildman–Crippen MR) is 116 cm³/mol. The molecule has 1 saturated heterocycles. The number of benzene rings is 2. The Labute approximate surface area is 186 Å². The van der Waals surface area contributed by atoms with Crippen molar-refractivity contribution >= 4 is 39.1 Å². The van der Waals surface area contributed by atoms with E-state index in [1.165, 1.54) is 16.4 Å². The van der Waals surface area contributed by atoms with Crippen LogP contribution in [0.25, 0.3) is 0 Å². The third kappa shape index (κ3) is 4.79. The molecular weight excluding hydrogens is 445 g/mol. The van der Waals surface area contributed by atoms with Gasteiger partial charge in [-0.25, -0.2) is 8.42 Å². The average Bonchev–Trinajstić information content (AvgIpc) is 2.75. The van der Waals surface area contributed by atoms with Crippen LogP contribution in [-0.2, 0) is 21.4 Å². The van der Waals surface area contributed by atoms with Crippen LogP contribution in [0.1, 0.15) is 24.0 Å². The fourth-order valence-corrected chi connectivity index (χ4v) is 5.50. The number of amides is 1. The summed E-state index contributed by atoms with van der Waals surface area (Å²) in [6.07, 6.45) is 0.858. The summed E-state index contributed by atoms with van der Waals surface area (Å²) < 4.78 is 27.2. The number of carbonyl (C=O) groups is 1. The summed E-state index contributed by atoms with van der Waals surface area (Å²) in [4.78, 5) is 14.5. The fourth-order valence-electron chi connectivity index (χ4n) is 3.57. The number of hydrogen-bond donors (Lipinski definition) is 0. The maximum absolute atomic E-state index is 12.9. The second-order valence-corrected chi connectivity index (χ2v) is 9.95. The normalized spacial score (nSPS) is 15.5.